The third-order valence-corrected chi connectivity index (χ3v) is 5.63. The van der Waals surface area contributed by atoms with Crippen molar-refractivity contribution >= 4 is 17.7 Å². The average Bonchev–Trinajstić information content (AvgIpc) is 2.74. The van der Waals surface area contributed by atoms with Gasteiger partial charge in [-0.05, 0) is 32.4 Å². The number of rotatable bonds is 3. The number of amides is 1. The van der Waals surface area contributed by atoms with Crippen LogP contribution in [-0.2, 0) is 4.74 Å². The minimum atomic E-state index is 0.112. The highest BCUT2D eigenvalue weighted by Gasteiger charge is 2.25. The highest BCUT2D eigenvalue weighted by molar-refractivity contribution is 5.95. The Morgan fingerprint density at radius 1 is 0.897 bits per heavy atom. The smallest absolute Gasteiger partial charge is 0.254 e. The fourth-order valence-electron chi connectivity index (χ4n) is 3.97. The van der Waals surface area contributed by atoms with E-state index in [9.17, 15) is 4.79 Å². The molecule has 0 bridgehead atoms. The van der Waals surface area contributed by atoms with E-state index < -0.39 is 0 Å². The molecule has 7 nitrogen and oxygen atoms in total. The molecule has 0 spiro atoms. The summed E-state index contributed by atoms with van der Waals surface area (Å²) >= 11 is 0. The molecule has 2 aromatic rings. The van der Waals surface area contributed by atoms with E-state index >= 15 is 0 Å². The molecular formula is C22H29N5O2. The number of carbonyl (C=O) groups is 1. The Hall–Kier alpha value is -2.67. The van der Waals surface area contributed by atoms with Crippen molar-refractivity contribution in [3.63, 3.8) is 0 Å². The van der Waals surface area contributed by atoms with Crippen LogP contribution in [0.4, 0.5) is 11.8 Å². The fourth-order valence-corrected chi connectivity index (χ4v) is 3.97. The molecule has 1 amide bonds. The van der Waals surface area contributed by atoms with Gasteiger partial charge in [0.25, 0.3) is 5.91 Å². The lowest BCUT2D eigenvalue weighted by molar-refractivity contribution is 0.0745. The number of ether oxygens (including phenoxy) is 1. The molecule has 0 N–H and O–H groups in total. The number of piperazine rings is 1. The lowest BCUT2D eigenvalue weighted by atomic mass is 10.0. The fraction of sp³-hybridized carbons (Fsp3) is 0.500. The van der Waals surface area contributed by atoms with Crippen LogP contribution in [0, 0.1) is 20.8 Å². The third kappa shape index (κ3) is 4.34. The minimum Gasteiger partial charge on any atom is -0.378 e. The van der Waals surface area contributed by atoms with Crippen molar-refractivity contribution in [1.82, 2.24) is 14.9 Å². The Morgan fingerprint density at radius 3 is 2.31 bits per heavy atom. The van der Waals surface area contributed by atoms with Crippen LogP contribution in [0.1, 0.15) is 27.2 Å². The van der Waals surface area contributed by atoms with Crippen LogP contribution in [0.25, 0.3) is 0 Å². The second-order valence-corrected chi connectivity index (χ2v) is 7.86. The first-order valence-corrected chi connectivity index (χ1v) is 10.3. The molecule has 2 aliphatic heterocycles. The average molecular weight is 396 g/mol. The number of hydrogen-bond acceptors (Lipinski definition) is 6. The van der Waals surface area contributed by atoms with E-state index in [1.807, 2.05) is 43.9 Å². The predicted molar refractivity (Wildman–Crippen MR) is 114 cm³/mol. The highest BCUT2D eigenvalue weighted by Crippen LogP contribution is 2.21. The highest BCUT2D eigenvalue weighted by atomic mass is 16.5. The molecule has 0 aliphatic carbocycles. The molecular weight excluding hydrogens is 366 g/mol. The Labute approximate surface area is 172 Å². The molecule has 0 saturated carbocycles. The van der Waals surface area contributed by atoms with Crippen molar-refractivity contribution in [3.8, 4) is 0 Å². The second kappa shape index (κ2) is 8.37. The van der Waals surface area contributed by atoms with Gasteiger partial charge in [0.1, 0.15) is 5.82 Å². The van der Waals surface area contributed by atoms with E-state index in [2.05, 4.69) is 20.9 Å². The molecule has 0 radical (unpaired) electrons. The van der Waals surface area contributed by atoms with Gasteiger partial charge in [-0.25, -0.2) is 4.98 Å². The molecule has 1 aromatic heterocycles. The van der Waals surface area contributed by atoms with Crippen LogP contribution >= 0.6 is 0 Å². The zero-order valence-corrected chi connectivity index (χ0v) is 17.5. The minimum absolute atomic E-state index is 0.112. The Morgan fingerprint density at radius 2 is 1.62 bits per heavy atom. The largest absolute Gasteiger partial charge is 0.378 e. The summed E-state index contributed by atoms with van der Waals surface area (Å²) in [4.78, 5) is 28.8. The molecule has 2 fully saturated rings. The van der Waals surface area contributed by atoms with Crippen molar-refractivity contribution in [2.45, 2.75) is 20.8 Å². The van der Waals surface area contributed by atoms with Crippen LogP contribution in [0.3, 0.4) is 0 Å². The van der Waals surface area contributed by atoms with Gasteiger partial charge in [-0.15, -0.1) is 0 Å². The molecule has 1 aromatic carbocycles. The molecule has 2 aliphatic rings. The van der Waals surface area contributed by atoms with E-state index in [4.69, 9.17) is 9.72 Å². The molecule has 3 heterocycles. The maximum Gasteiger partial charge on any atom is 0.254 e. The lowest BCUT2D eigenvalue weighted by Gasteiger charge is -2.36. The van der Waals surface area contributed by atoms with E-state index in [1.54, 1.807) is 0 Å². The van der Waals surface area contributed by atoms with Gasteiger partial charge in [-0.2, -0.15) is 4.98 Å². The van der Waals surface area contributed by atoms with Gasteiger partial charge in [0, 0.05) is 56.6 Å². The lowest BCUT2D eigenvalue weighted by Crippen LogP contribution is -2.49. The second-order valence-electron chi connectivity index (χ2n) is 7.86. The van der Waals surface area contributed by atoms with Crippen molar-refractivity contribution < 1.29 is 9.53 Å². The SMILES string of the molecule is Cc1ccc(C(=O)N2CCN(c3nc(C)cc(N4CCOCC4)n3)CC2)c(C)c1. The van der Waals surface area contributed by atoms with Gasteiger partial charge in [0.05, 0.1) is 13.2 Å². The van der Waals surface area contributed by atoms with Crippen LogP contribution < -0.4 is 9.80 Å². The van der Waals surface area contributed by atoms with Crippen molar-refractivity contribution in [1.29, 1.82) is 0 Å². The Balaban J connectivity index is 1.44. The van der Waals surface area contributed by atoms with Gasteiger partial charge in [-0.3, -0.25) is 4.79 Å². The predicted octanol–water partition coefficient (Wildman–Crippen LogP) is 2.20. The maximum atomic E-state index is 12.9. The first-order valence-electron chi connectivity index (χ1n) is 10.3. The van der Waals surface area contributed by atoms with Crippen LogP contribution in [0.5, 0.6) is 0 Å². The standard InChI is InChI=1S/C22H29N5O2/c1-16-4-5-19(17(2)14-16)21(28)26-6-8-27(9-7-26)22-23-18(3)15-20(24-22)25-10-12-29-13-11-25/h4-5,14-15H,6-13H2,1-3H3. The number of carbonyl (C=O) groups excluding carboxylic acids is 1. The zero-order valence-electron chi connectivity index (χ0n) is 17.5. The van der Waals surface area contributed by atoms with Gasteiger partial charge in [-0.1, -0.05) is 17.7 Å². The zero-order chi connectivity index (χ0) is 20.4. The molecule has 0 atom stereocenters. The van der Waals surface area contributed by atoms with Gasteiger partial charge in [0.15, 0.2) is 0 Å². The summed E-state index contributed by atoms with van der Waals surface area (Å²) in [6.07, 6.45) is 0. The van der Waals surface area contributed by atoms with E-state index in [1.165, 1.54) is 5.56 Å². The maximum absolute atomic E-state index is 12.9. The summed E-state index contributed by atoms with van der Waals surface area (Å²) in [5, 5.41) is 0. The Kier molecular flexibility index (Phi) is 5.67. The van der Waals surface area contributed by atoms with Crippen molar-refractivity contribution in [2.75, 3.05) is 62.3 Å². The molecule has 2 saturated heterocycles. The van der Waals surface area contributed by atoms with E-state index in [0.29, 0.717) is 13.1 Å². The number of hydrogen-bond donors (Lipinski definition) is 0. The summed E-state index contributed by atoms with van der Waals surface area (Å²) in [5.41, 5.74) is 3.97. The van der Waals surface area contributed by atoms with Crippen LogP contribution in [-0.4, -0.2) is 73.3 Å². The van der Waals surface area contributed by atoms with Gasteiger partial charge >= 0.3 is 0 Å². The monoisotopic (exact) mass is 395 g/mol. The number of morpholine rings is 1. The normalized spacial score (nSPS) is 17.6. The molecule has 4 rings (SSSR count). The summed E-state index contributed by atoms with van der Waals surface area (Å²) in [5.74, 6) is 1.83. The third-order valence-electron chi connectivity index (χ3n) is 5.63. The van der Waals surface area contributed by atoms with E-state index in [0.717, 1.165) is 68.0 Å². The van der Waals surface area contributed by atoms with Crippen LogP contribution in [0.2, 0.25) is 0 Å². The number of aryl methyl sites for hydroxylation is 3. The Bertz CT molecular complexity index is 887. The topological polar surface area (TPSA) is 61.8 Å². The van der Waals surface area contributed by atoms with Gasteiger partial charge in [0.2, 0.25) is 5.95 Å². The number of nitrogens with zero attached hydrogens (tertiary/aromatic N) is 5. The summed E-state index contributed by atoms with van der Waals surface area (Å²) in [6.45, 7) is 12.1. The first-order chi connectivity index (χ1) is 14.0. The quantitative estimate of drug-likeness (QED) is 0.794. The molecule has 0 unspecified atom stereocenters. The number of anilines is 2. The molecule has 7 heteroatoms. The van der Waals surface area contributed by atoms with Gasteiger partial charge < -0.3 is 19.4 Å². The molecule has 154 valence electrons. The van der Waals surface area contributed by atoms with Crippen molar-refractivity contribution in [2.24, 2.45) is 0 Å². The van der Waals surface area contributed by atoms with Crippen LogP contribution in [0.15, 0.2) is 24.3 Å². The summed E-state index contributed by atoms with van der Waals surface area (Å²) < 4.78 is 5.45. The molecule has 29 heavy (non-hydrogen) atoms. The summed E-state index contributed by atoms with van der Waals surface area (Å²) in [7, 11) is 0. The number of aromatic nitrogens is 2. The number of benzene rings is 1. The first kappa shape index (κ1) is 19.6. The summed E-state index contributed by atoms with van der Waals surface area (Å²) in [6, 6.07) is 8.05. The van der Waals surface area contributed by atoms with Crippen molar-refractivity contribution in [3.05, 3.63) is 46.6 Å². The van der Waals surface area contributed by atoms with E-state index in [-0.39, 0.29) is 5.91 Å².